The number of ether oxygens (including phenoxy) is 1. The van der Waals surface area contributed by atoms with E-state index in [0.717, 1.165) is 17.4 Å². The van der Waals surface area contributed by atoms with Crippen molar-refractivity contribution >= 4 is 5.65 Å². The second-order valence-corrected chi connectivity index (χ2v) is 5.03. The first kappa shape index (κ1) is 9.39. The van der Waals surface area contributed by atoms with Crippen LogP contribution < -0.4 is 4.74 Å². The van der Waals surface area contributed by atoms with Crippen molar-refractivity contribution in [2.75, 3.05) is 7.11 Å². The summed E-state index contributed by atoms with van der Waals surface area (Å²) < 4.78 is 7.27. The molecule has 2 aromatic heterocycles. The van der Waals surface area contributed by atoms with Crippen LogP contribution in [0.4, 0.5) is 0 Å². The highest BCUT2D eigenvalue weighted by molar-refractivity contribution is 5.60. The lowest BCUT2D eigenvalue weighted by molar-refractivity contribution is 0.380. The van der Waals surface area contributed by atoms with Gasteiger partial charge in [-0.2, -0.15) is 4.52 Å². The second kappa shape index (κ2) is 2.97. The van der Waals surface area contributed by atoms with Crippen molar-refractivity contribution in [1.82, 2.24) is 19.8 Å². The Hall–Kier alpha value is -1.65. The number of hydrogen-bond donors (Lipinski definition) is 0. The van der Waals surface area contributed by atoms with Gasteiger partial charge in [0.15, 0.2) is 11.5 Å². The standard InChI is InChI=1S/C12H14N4O/c1-6-13-14-11-9-7-3-4-8(5-7)10(9)12(17-2)15-16(6)11/h7-8H,3-5H2,1-2H3. The smallest absolute Gasteiger partial charge is 0.235 e. The summed E-state index contributed by atoms with van der Waals surface area (Å²) in [5.74, 6) is 2.85. The minimum absolute atomic E-state index is 0.624. The van der Waals surface area contributed by atoms with Gasteiger partial charge in [0, 0.05) is 11.1 Å². The van der Waals surface area contributed by atoms with Crippen LogP contribution >= 0.6 is 0 Å². The first-order chi connectivity index (χ1) is 8.29. The molecule has 0 saturated heterocycles. The fraction of sp³-hybridized carbons (Fsp3) is 0.583. The Balaban J connectivity index is 2.13. The molecule has 0 spiro atoms. The first-order valence-electron chi connectivity index (χ1n) is 6.09. The molecule has 2 aliphatic carbocycles. The molecule has 2 heterocycles. The Morgan fingerprint density at radius 2 is 1.94 bits per heavy atom. The minimum Gasteiger partial charge on any atom is -0.480 e. The summed E-state index contributed by atoms with van der Waals surface area (Å²) >= 11 is 0. The normalized spacial score (nSPS) is 25.5. The highest BCUT2D eigenvalue weighted by Crippen LogP contribution is 2.56. The van der Waals surface area contributed by atoms with Gasteiger partial charge in [-0.25, -0.2) is 0 Å². The van der Waals surface area contributed by atoms with E-state index in [0.29, 0.717) is 11.8 Å². The quantitative estimate of drug-likeness (QED) is 0.749. The van der Waals surface area contributed by atoms with E-state index >= 15 is 0 Å². The van der Waals surface area contributed by atoms with Gasteiger partial charge in [-0.1, -0.05) is 0 Å². The maximum atomic E-state index is 5.45. The first-order valence-corrected chi connectivity index (χ1v) is 6.09. The van der Waals surface area contributed by atoms with Crippen LogP contribution in [0.25, 0.3) is 5.65 Å². The fourth-order valence-corrected chi connectivity index (χ4v) is 3.48. The third-order valence-corrected chi connectivity index (χ3v) is 4.19. The van der Waals surface area contributed by atoms with E-state index in [9.17, 15) is 0 Å². The average molecular weight is 230 g/mol. The number of nitrogens with zero attached hydrogens (tertiary/aromatic N) is 4. The van der Waals surface area contributed by atoms with Crippen molar-refractivity contribution < 1.29 is 4.74 Å². The maximum Gasteiger partial charge on any atom is 0.235 e. The van der Waals surface area contributed by atoms with Gasteiger partial charge in [0.1, 0.15) is 0 Å². The summed E-state index contributed by atoms with van der Waals surface area (Å²) in [5, 5.41) is 12.9. The summed E-state index contributed by atoms with van der Waals surface area (Å²) in [6.45, 7) is 1.92. The lowest BCUT2D eigenvalue weighted by atomic mass is 9.93. The van der Waals surface area contributed by atoms with Gasteiger partial charge in [-0.05, 0) is 38.0 Å². The summed E-state index contributed by atoms with van der Waals surface area (Å²) in [6.07, 6.45) is 3.77. The molecule has 0 aliphatic heterocycles. The van der Waals surface area contributed by atoms with Crippen molar-refractivity contribution in [1.29, 1.82) is 0 Å². The molecule has 1 fully saturated rings. The Kier molecular flexibility index (Phi) is 1.64. The largest absolute Gasteiger partial charge is 0.480 e. The molecule has 1 saturated carbocycles. The zero-order valence-electron chi connectivity index (χ0n) is 9.97. The molecular formula is C12H14N4O. The molecular weight excluding hydrogens is 216 g/mol. The number of aryl methyl sites for hydroxylation is 1. The number of fused-ring (bicyclic) bond motifs is 7. The lowest BCUT2D eigenvalue weighted by Gasteiger charge is -2.17. The van der Waals surface area contributed by atoms with Gasteiger partial charge < -0.3 is 4.74 Å². The molecule has 2 aromatic rings. The fourth-order valence-electron chi connectivity index (χ4n) is 3.48. The predicted octanol–water partition coefficient (Wildman–Crippen LogP) is 1.81. The summed E-state index contributed by atoms with van der Waals surface area (Å²) in [7, 11) is 1.69. The SMILES string of the molecule is COc1nn2c(C)nnc2c2c1C1CCC2C1. The van der Waals surface area contributed by atoms with E-state index in [1.165, 1.54) is 30.4 Å². The van der Waals surface area contributed by atoms with Crippen molar-refractivity contribution in [2.24, 2.45) is 0 Å². The second-order valence-electron chi connectivity index (χ2n) is 5.03. The summed E-state index contributed by atoms with van der Waals surface area (Å²) in [5.41, 5.74) is 3.57. The molecule has 4 rings (SSSR count). The van der Waals surface area contributed by atoms with Crippen LogP contribution in [0, 0.1) is 6.92 Å². The summed E-state index contributed by atoms with van der Waals surface area (Å²) in [4.78, 5) is 0. The Labute approximate surface area is 98.8 Å². The third kappa shape index (κ3) is 1.02. The molecule has 2 unspecified atom stereocenters. The number of methoxy groups -OCH3 is 1. The lowest BCUT2D eigenvalue weighted by Crippen LogP contribution is -2.08. The van der Waals surface area contributed by atoms with E-state index in [4.69, 9.17) is 4.74 Å². The number of rotatable bonds is 1. The van der Waals surface area contributed by atoms with Gasteiger partial charge in [0.2, 0.25) is 5.88 Å². The molecule has 0 radical (unpaired) electrons. The van der Waals surface area contributed by atoms with Gasteiger partial charge >= 0.3 is 0 Å². The van der Waals surface area contributed by atoms with E-state index in [2.05, 4.69) is 15.3 Å². The van der Waals surface area contributed by atoms with E-state index in [1.54, 1.807) is 7.11 Å². The Morgan fingerprint density at radius 1 is 1.18 bits per heavy atom. The minimum atomic E-state index is 0.624. The number of hydrogen-bond acceptors (Lipinski definition) is 4. The van der Waals surface area contributed by atoms with E-state index < -0.39 is 0 Å². The molecule has 17 heavy (non-hydrogen) atoms. The summed E-state index contributed by atoms with van der Waals surface area (Å²) in [6, 6.07) is 0. The highest BCUT2D eigenvalue weighted by Gasteiger charge is 2.42. The number of aromatic nitrogens is 4. The van der Waals surface area contributed by atoms with Crippen LogP contribution in [-0.2, 0) is 0 Å². The van der Waals surface area contributed by atoms with E-state index in [-0.39, 0.29) is 0 Å². The van der Waals surface area contributed by atoms with Crippen LogP contribution in [0.3, 0.4) is 0 Å². The molecule has 5 heteroatoms. The zero-order chi connectivity index (χ0) is 11.6. The molecule has 0 N–H and O–H groups in total. The third-order valence-electron chi connectivity index (χ3n) is 4.19. The van der Waals surface area contributed by atoms with Gasteiger partial charge in [-0.15, -0.1) is 15.3 Å². The predicted molar refractivity (Wildman–Crippen MR) is 61.4 cm³/mol. The molecule has 0 amide bonds. The topological polar surface area (TPSA) is 52.3 Å². The molecule has 5 nitrogen and oxygen atoms in total. The Morgan fingerprint density at radius 3 is 2.71 bits per heavy atom. The van der Waals surface area contributed by atoms with Crippen LogP contribution in [0.15, 0.2) is 0 Å². The molecule has 2 aliphatic rings. The van der Waals surface area contributed by atoms with Crippen LogP contribution in [0.5, 0.6) is 5.88 Å². The van der Waals surface area contributed by atoms with Gasteiger partial charge in [0.05, 0.1) is 7.11 Å². The molecule has 88 valence electrons. The van der Waals surface area contributed by atoms with Crippen LogP contribution in [0.1, 0.15) is 48.0 Å². The average Bonchev–Trinajstić information content (AvgIpc) is 3.03. The van der Waals surface area contributed by atoms with Crippen molar-refractivity contribution in [2.45, 2.75) is 38.0 Å². The maximum absolute atomic E-state index is 5.45. The van der Waals surface area contributed by atoms with Crippen molar-refractivity contribution in [3.63, 3.8) is 0 Å². The van der Waals surface area contributed by atoms with Gasteiger partial charge in [-0.3, -0.25) is 0 Å². The monoisotopic (exact) mass is 230 g/mol. The molecule has 2 bridgehead atoms. The highest BCUT2D eigenvalue weighted by atomic mass is 16.5. The van der Waals surface area contributed by atoms with Gasteiger partial charge in [0.25, 0.3) is 0 Å². The van der Waals surface area contributed by atoms with Crippen LogP contribution in [0.2, 0.25) is 0 Å². The zero-order valence-corrected chi connectivity index (χ0v) is 9.97. The van der Waals surface area contributed by atoms with Crippen molar-refractivity contribution in [3.05, 3.63) is 17.0 Å². The molecule has 2 atom stereocenters. The van der Waals surface area contributed by atoms with Crippen LogP contribution in [-0.4, -0.2) is 26.9 Å². The Bertz CT molecular complexity index is 618. The van der Waals surface area contributed by atoms with Crippen molar-refractivity contribution in [3.8, 4) is 5.88 Å². The molecule has 0 aromatic carbocycles. The van der Waals surface area contributed by atoms with E-state index in [1.807, 2.05) is 11.4 Å².